The first-order valence-electron chi connectivity index (χ1n) is 12.6. The average molecular weight is 557 g/mol. The number of allylic oxidation sites excluding steroid dienone is 2. The van der Waals surface area contributed by atoms with E-state index in [2.05, 4.69) is 10.6 Å². The Morgan fingerprint density at radius 2 is 1.88 bits per heavy atom. The van der Waals surface area contributed by atoms with Crippen LogP contribution in [0.25, 0.3) is 0 Å². The number of esters is 1. The van der Waals surface area contributed by atoms with Crippen LogP contribution in [0.4, 0.5) is 10.1 Å². The van der Waals surface area contributed by atoms with Crippen molar-refractivity contribution in [3.63, 3.8) is 0 Å². The quantitative estimate of drug-likeness (QED) is 0.144. The number of nitrogens with one attached hydrogen (secondary N) is 2. The molecular weight excluding hydrogens is 525 g/mol. The van der Waals surface area contributed by atoms with Crippen molar-refractivity contribution in [1.29, 1.82) is 0 Å². The number of carbonyl (C=O) groups is 2. The Bertz CT molecular complexity index is 1340. The summed E-state index contributed by atoms with van der Waals surface area (Å²) in [6, 6.07) is 9.53. The van der Waals surface area contributed by atoms with Crippen LogP contribution in [-0.2, 0) is 14.3 Å². The fourth-order valence-corrected chi connectivity index (χ4v) is 4.41. The van der Waals surface area contributed by atoms with E-state index in [0.29, 0.717) is 30.0 Å². The maximum atomic E-state index is 13.2. The fourth-order valence-electron chi connectivity index (χ4n) is 4.41. The predicted octanol–water partition coefficient (Wildman–Crippen LogP) is 1.99. The van der Waals surface area contributed by atoms with Crippen LogP contribution in [0.3, 0.4) is 0 Å². The minimum atomic E-state index is -1.51. The number of nitrogens with zero attached hydrogens (tertiary/aromatic N) is 1. The Morgan fingerprint density at radius 3 is 2.55 bits per heavy atom. The minimum Gasteiger partial charge on any atom is -0.545 e. The van der Waals surface area contributed by atoms with Crippen molar-refractivity contribution in [2.75, 3.05) is 26.3 Å². The molecule has 2 aromatic rings. The molecule has 1 aliphatic heterocycles. The number of carboxylic acids is 1. The van der Waals surface area contributed by atoms with Gasteiger partial charge in [-0.25, -0.2) is 9.18 Å². The smallest absolute Gasteiger partial charge is 0.336 e. The molecule has 0 saturated carbocycles. The molecule has 0 saturated heterocycles. The molecule has 0 bridgehead atoms. The van der Waals surface area contributed by atoms with Crippen molar-refractivity contribution in [3.8, 4) is 5.75 Å². The zero-order chi connectivity index (χ0) is 29.4. The highest BCUT2D eigenvalue weighted by Crippen LogP contribution is 2.39. The third kappa shape index (κ3) is 7.64. The molecule has 3 rings (SSSR count). The average Bonchev–Trinajstić information content (AvgIpc) is 2.89. The van der Waals surface area contributed by atoms with E-state index in [4.69, 9.17) is 9.47 Å². The topological polar surface area (TPSA) is 163 Å². The molecule has 40 heavy (non-hydrogen) atoms. The maximum absolute atomic E-state index is 13.2. The predicted molar refractivity (Wildman–Crippen MR) is 140 cm³/mol. The van der Waals surface area contributed by atoms with E-state index < -0.39 is 28.9 Å². The molecule has 0 aliphatic carbocycles. The molecule has 0 radical (unpaired) electrons. The molecule has 214 valence electrons. The molecule has 2 aromatic carbocycles. The molecule has 12 heteroatoms. The minimum absolute atomic E-state index is 0.00162. The van der Waals surface area contributed by atoms with Gasteiger partial charge in [-0.05, 0) is 63.1 Å². The monoisotopic (exact) mass is 556 g/mol. The summed E-state index contributed by atoms with van der Waals surface area (Å²) in [5.41, 5.74) is 1.03. The number of nitro groups is 1. The molecule has 0 fully saturated rings. The van der Waals surface area contributed by atoms with Crippen LogP contribution in [0, 0.1) is 22.9 Å². The number of aliphatic carboxylic acids is 1. The summed E-state index contributed by atoms with van der Waals surface area (Å²) in [6.07, 6.45) is -0.443. The molecule has 3 N–H and O–H groups in total. The van der Waals surface area contributed by atoms with E-state index in [9.17, 15) is 34.3 Å². The first kappa shape index (κ1) is 30.3. The van der Waals surface area contributed by atoms with Gasteiger partial charge in [0, 0.05) is 41.6 Å². The van der Waals surface area contributed by atoms with Gasteiger partial charge in [0.25, 0.3) is 5.69 Å². The zero-order valence-corrected chi connectivity index (χ0v) is 22.4. The summed E-state index contributed by atoms with van der Waals surface area (Å²) in [6.45, 7) is 5.41. The van der Waals surface area contributed by atoms with Gasteiger partial charge in [0.2, 0.25) is 0 Å². The third-order valence-corrected chi connectivity index (χ3v) is 6.29. The standard InChI is InChI=1S/C28H32FN3O8/c1-16-12-20(29)8-9-23(16)40-15-22(33)14-30-10-5-11-39-28(36)25-18(3)31-17(2)24(27(34)35)26(25)19-6-4-7-21(13-19)32(37)38/h4,6-9,12-13,22,26,30-31,33H,5,10-11,14-15H2,1-3H3,(H,34,35)/p-1. The van der Waals surface area contributed by atoms with Crippen LogP contribution < -0.4 is 20.5 Å². The lowest BCUT2D eigenvalue weighted by atomic mass is 9.80. The number of halogens is 1. The van der Waals surface area contributed by atoms with E-state index >= 15 is 0 Å². The van der Waals surface area contributed by atoms with E-state index in [1.807, 2.05) is 0 Å². The highest BCUT2D eigenvalue weighted by atomic mass is 19.1. The van der Waals surface area contributed by atoms with E-state index in [1.54, 1.807) is 13.8 Å². The highest BCUT2D eigenvalue weighted by molar-refractivity contribution is 5.98. The number of aliphatic hydroxyl groups is 1. The first-order chi connectivity index (χ1) is 19.0. The molecule has 2 unspecified atom stereocenters. The molecule has 2 atom stereocenters. The van der Waals surface area contributed by atoms with Crippen LogP contribution in [0.1, 0.15) is 37.3 Å². The summed E-state index contributed by atoms with van der Waals surface area (Å²) in [4.78, 5) is 35.8. The van der Waals surface area contributed by atoms with Crippen molar-refractivity contribution in [2.24, 2.45) is 0 Å². The normalized spacial score (nSPS) is 15.9. The molecule has 1 heterocycles. The number of rotatable bonds is 13. The number of nitro benzene ring substituents is 1. The number of aliphatic hydroxyl groups excluding tert-OH is 1. The lowest BCUT2D eigenvalue weighted by Crippen LogP contribution is -2.37. The van der Waals surface area contributed by atoms with Crippen molar-refractivity contribution in [3.05, 3.63) is 92.1 Å². The molecule has 11 nitrogen and oxygen atoms in total. The number of aryl methyl sites for hydroxylation is 1. The SMILES string of the molecule is CC1=C(C(=O)[O-])C(c2cccc([N+](=O)[O-])c2)C(C(=O)OCCCNCC(O)COc2ccc(F)cc2C)=C(C)N1. The van der Waals surface area contributed by atoms with Gasteiger partial charge in [-0.1, -0.05) is 12.1 Å². The van der Waals surface area contributed by atoms with Crippen molar-refractivity contribution in [1.82, 2.24) is 10.6 Å². The van der Waals surface area contributed by atoms with Crippen LogP contribution >= 0.6 is 0 Å². The lowest BCUT2D eigenvalue weighted by Gasteiger charge is -2.32. The van der Waals surface area contributed by atoms with Gasteiger partial charge in [0.15, 0.2) is 0 Å². The van der Waals surface area contributed by atoms with Crippen molar-refractivity contribution >= 4 is 17.6 Å². The number of non-ortho nitro benzene ring substituents is 1. The van der Waals surface area contributed by atoms with Gasteiger partial charge < -0.3 is 35.1 Å². The van der Waals surface area contributed by atoms with Gasteiger partial charge in [-0.3, -0.25) is 10.1 Å². The number of hydrogen-bond acceptors (Lipinski definition) is 10. The largest absolute Gasteiger partial charge is 0.545 e. The zero-order valence-electron chi connectivity index (χ0n) is 22.4. The molecule has 0 amide bonds. The van der Waals surface area contributed by atoms with Gasteiger partial charge >= 0.3 is 5.97 Å². The van der Waals surface area contributed by atoms with Gasteiger partial charge in [0.05, 0.1) is 23.1 Å². The number of dihydropyridines is 1. The summed E-state index contributed by atoms with van der Waals surface area (Å²) in [7, 11) is 0. The Labute approximate surface area is 230 Å². The summed E-state index contributed by atoms with van der Waals surface area (Å²) in [5, 5.41) is 39.3. The van der Waals surface area contributed by atoms with Gasteiger partial charge in [-0.2, -0.15) is 0 Å². The summed E-state index contributed by atoms with van der Waals surface area (Å²) in [5.74, 6) is -3.30. The van der Waals surface area contributed by atoms with Gasteiger partial charge in [0.1, 0.15) is 24.3 Å². The van der Waals surface area contributed by atoms with Gasteiger partial charge in [-0.15, -0.1) is 0 Å². The Morgan fingerprint density at radius 1 is 1.15 bits per heavy atom. The molecule has 1 aliphatic rings. The highest BCUT2D eigenvalue weighted by Gasteiger charge is 2.35. The molecule has 0 spiro atoms. The van der Waals surface area contributed by atoms with Crippen LogP contribution in [0.15, 0.2) is 65.0 Å². The molecular formula is C28H31FN3O8-. The van der Waals surface area contributed by atoms with Crippen molar-refractivity contribution in [2.45, 2.75) is 39.2 Å². The van der Waals surface area contributed by atoms with Crippen LogP contribution in [0.2, 0.25) is 0 Å². The Kier molecular flexibility index (Phi) is 10.3. The number of benzene rings is 2. The Balaban J connectivity index is 1.55. The second-order valence-electron chi connectivity index (χ2n) is 9.34. The first-order valence-corrected chi connectivity index (χ1v) is 12.6. The number of hydrogen-bond donors (Lipinski definition) is 3. The van der Waals surface area contributed by atoms with E-state index in [-0.39, 0.29) is 53.7 Å². The maximum Gasteiger partial charge on any atom is 0.336 e. The number of carbonyl (C=O) groups excluding carboxylic acids is 2. The third-order valence-electron chi connectivity index (χ3n) is 6.29. The second-order valence-corrected chi connectivity index (χ2v) is 9.34. The molecule has 0 aromatic heterocycles. The number of carboxylic acid groups (broad SMARTS) is 1. The van der Waals surface area contributed by atoms with Crippen LogP contribution in [-0.4, -0.2) is 54.4 Å². The van der Waals surface area contributed by atoms with Crippen molar-refractivity contribution < 1.29 is 38.6 Å². The summed E-state index contributed by atoms with van der Waals surface area (Å²) < 4.78 is 24.1. The van der Waals surface area contributed by atoms with Crippen LogP contribution in [0.5, 0.6) is 5.75 Å². The van der Waals surface area contributed by atoms with E-state index in [1.165, 1.54) is 49.4 Å². The Hall–Kier alpha value is -4.29. The van der Waals surface area contributed by atoms with E-state index in [0.717, 1.165) is 0 Å². The summed E-state index contributed by atoms with van der Waals surface area (Å²) >= 11 is 0. The second kappa shape index (κ2) is 13.7. The number of ether oxygens (including phenoxy) is 2. The lowest BCUT2D eigenvalue weighted by molar-refractivity contribution is -0.384. The fraction of sp³-hybridized carbons (Fsp3) is 0.357.